The molecule has 6 aromatic carbocycles. The number of aromatic nitrogens is 3. The van der Waals surface area contributed by atoms with Crippen molar-refractivity contribution < 1.29 is 13.6 Å². The van der Waals surface area contributed by atoms with Crippen molar-refractivity contribution in [2.45, 2.75) is 30.7 Å². The van der Waals surface area contributed by atoms with E-state index < -0.39 is 0 Å². The van der Waals surface area contributed by atoms with Gasteiger partial charge in [-0.2, -0.15) is 9.13 Å². The molecule has 0 bridgehead atoms. The van der Waals surface area contributed by atoms with E-state index in [9.17, 15) is 0 Å². The van der Waals surface area contributed by atoms with Gasteiger partial charge in [-0.25, -0.2) is 0 Å². The van der Waals surface area contributed by atoms with Crippen LogP contribution in [0.25, 0.3) is 99.4 Å². The molecule has 1 spiro atoms. The molecule has 0 saturated heterocycles. The number of fused-ring (bicyclic) bond motifs is 15. The molecule has 5 aromatic heterocycles. The maximum Gasteiger partial charge on any atom is 0.267 e. The third kappa shape index (κ3) is 3.65. The van der Waals surface area contributed by atoms with Gasteiger partial charge in [0, 0.05) is 68.2 Å². The monoisotopic (exact) mass is 729 g/mol. The smallest absolute Gasteiger partial charge is 0.267 e. The topological polar surface area (TPSA) is 25.3 Å². The minimum Gasteiger partial charge on any atom is -0.456 e. The van der Waals surface area contributed by atoms with Gasteiger partial charge in [-0.1, -0.05) is 66.7 Å². The Hall–Kier alpha value is -7.04. The van der Waals surface area contributed by atoms with Crippen molar-refractivity contribution >= 4 is 65.7 Å². The highest BCUT2D eigenvalue weighted by Crippen LogP contribution is 2.55. The number of pyridine rings is 2. The lowest BCUT2D eigenvalue weighted by atomic mass is 9.63. The van der Waals surface area contributed by atoms with Crippen LogP contribution in [-0.2, 0) is 18.4 Å². The number of furan rings is 1. The second kappa shape index (κ2) is 10.4. The maximum absolute atomic E-state index is 6.55. The fourth-order valence-corrected chi connectivity index (χ4v) is 11.5. The van der Waals surface area contributed by atoms with Crippen molar-refractivity contribution in [2.75, 3.05) is 0 Å². The number of allylic oxidation sites excluding steroid dienone is 1. The van der Waals surface area contributed by atoms with Crippen LogP contribution in [0.2, 0.25) is 0 Å². The third-order valence-electron chi connectivity index (χ3n) is 14.0. The Labute approximate surface area is 328 Å². The number of aryl methyl sites for hydroxylation is 1. The molecule has 8 heterocycles. The van der Waals surface area contributed by atoms with Crippen molar-refractivity contribution in [2.24, 2.45) is 0 Å². The van der Waals surface area contributed by atoms with Gasteiger partial charge < -0.3 is 8.82 Å². The fourth-order valence-electron chi connectivity index (χ4n) is 11.5. The first-order valence-electron chi connectivity index (χ1n) is 20.2. The van der Waals surface area contributed by atoms with Crippen LogP contribution >= 0.6 is 0 Å². The van der Waals surface area contributed by atoms with Crippen LogP contribution in [0.4, 0.5) is 0 Å². The Bertz CT molecular complexity index is 3590. The van der Waals surface area contributed by atoms with Crippen molar-refractivity contribution in [3.8, 4) is 33.6 Å². The lowest BCUT2D eigenvalue weighted by molar-refractivity contribution is -0.809. The summed E-state index contributed by atoms with van der Waals surface area (Å²) in [5.74, 6) is 0.215. The summed E-state index contributed by atoms with van der Waals surface area (Å²) in [4.78, 5) is 0. The van der Waals surface area contributed by atoms with Crippen LogP contribution < -0.4 is 9.13 Å². The third-order valence-corrected chi connectivity index (χ3v) is 14.0. The molecular weight excluding hydrogens is 695 g/mol. The molecule has 0 radical (unpaired) electrons. The summed E-state index contributed by atoms with van der Waals surface area (Å²) in [5, 5.41) is 7.43. The largest absolute Gasteiger partial charge is 0.456 e. The van der Waals surface area contributed by atoms with Gasteiger partial charge in [0.1, 0.15) is 17.6 Å². The maximum atomic E-state index is 6.55. The van der Waals surface area contributed by atoms with E-state index in [0.29, 0.717) is 0 Å². The van der Waals surface area contributed by atoms with Gasteiger partial charge in [0.15, 0.2) is 11.9 Å². The zero-order valence-corrected chi connectivity index (χ0v) is 31.2. The quantitative estimate of drug-likeness (QED) is 0.154. The van der Waals surface area contributed by atoms with Crippen LogP contribution in [0, 0.1) is 0 Å². The van der Waals surface area contributed by atoms with E-state index in [0.717, 1.165) is 46.9 Å². The summed E-state index contributed by atoms with van der Waals surface area (Å²) in [5.41, 5.74) is 18.2. The summed E-state index contributed by atoms with van der Waals surface area (Å²) >= 11 is 0. The van der Waals surface area contributed by atoms with Crippen molar-refractivity contribution in [3.63, 3.8) is 0 Å². The number of hydrogen-bond donors (Lipinski definition) is 0. The first-order chi connectivity index (χ1) is 28.2. The van der Waals surface area contributed by atoms with Crippen molar-refractivity contribution in [1.29, 1.82) is 0 Å². The minimum atomic E-state index is -0.295. The van der Waals surface area contributed by atoms with E-state index >= 15 is 0 Å². The molecule has 0 amide bonds. The molecular formula is C53H35N3O+2. The predicted molar refractivity (Wildman–Crippen MR) is 230 cm³/mol. The summed E-state index contributed by atoms with van der Waals surface area (Å²) in [6.07, 6.45) is 5.19. The second-order valence-corrected chi connectivity index (χ2v) is 16.5. The highest BCUT2D eigenvalue weighted by atomic mass is 16.3. The first-order valence-corrected chi connectivity index (χ1v) is 20.2. The summed E-state index contributed by atoms with van der Waals surface area (Å²) in [7, 11) is 0. The number of rotatable bonds is 1. The highest BCUT2D eigenvalue weighted by Gasteiger charge is 2.68. The molecule has 2 unspecified atom stereocenters. The zero-order valence-electron chi connectivity index (χ0n) is 31.2. The molecule has 0 aliphatic carbocycles. The van der Waals surface area contributed by atoms with E-state index in [2.05, 4.69) is 171 Å². The molecule has 0 saturated carbocycles. The Morgan fingerprint density at radius 1 is 0.596 bits per heavy atom. The Morgan fingerprint density at radius 3 is 2.28 bits per heavy atom. The molecule has 14 rings (SSSR count). The highest BCUT2D eigenvalue weighted by molar-refractivity contribution is 6.27. The summed E-state index contributed by atoms with van der Waals surface area (Å²) in [6.45, 7) is 5.03. The number of para-hydroxylation sites is 1. The molecule has 3 aliphatic heterocycles. The second-order valence-electron chi connectivity index (χ2n) is 16.5. The van der Waals surface area contributed by atoms with Gasteiger partial charge in [0.05, 0.1) is 28.0 Å². The molecule has 11 aromatic rings. The minimum absolute atomic E-state index is 0.215. The van der Waals surface area contributed by atoms with E-state index in [-0.39, 0.29) is 11.5 Å². The zero-order chi connectivity index (χ0) is 37.1. The van der Waals surface area contributed by atoms with Gasteiger partial charge >= 0.3 is 0 Å². The van der Waals surface area contributed by atoms with Gasteiger partial charge in [0.25, 0.3) is 11.2 Å². The summed E-state index contributed by atoms with van der Waals surface area (Å²) in [6, 6.07) is 56.4. The van der Waals surface area contributed by atoms with Gasteiger partial charge in [0.2, 0.25) is 11.4 Å². The van der Waals surface area contributed by atoms with Crippen LogP contribution in [-0.4, -0.2) is 4.40 Å². The molecule has 4 heteroatoms. The molecule has 57 heavy (non-hydrogen) atoms. The number of hydrogen-bond acceptors (Lipinski definition) is 1. The van der Waals surface area contributed by atoms with E-state index in [4.69, 9.17) is 11.0 Å². The lowest BCUT2D eigenvalue weighted by Gasteiger charge is -2.45. The first kappa shape index (κ1) is 30.2. The van der Waals surface area contributed by atoms with Gasteiger partial charge in [-0.15, -0.1) is 0 Å². The van der Waals surface area contributed by atoms with Crippen LogP contribution in [0.1, 0.15) is 29.2 Å². The van der Waals surface area contributed by atoms with Crippen molar-refractivity contribution in [3.05, 3.63) is 181 Å². The molecule has 4 nitrogen and oxygen atoms in total. The number of nitrogens with zero attached hydrogens (tertiary/aromatic N) is 3. The Kier molecular flexibility index (Phi) is 5.52. The standard InChI is InChI=1S/C53H35N3O/c1-31-53-30-35-15-11-19-47(56(35)53)39-26-40-43-24-34(32-12-3-2-4-13-32)25-44-41-27-42-37-17-7-8-20-50(37)57-51(42)29-49(41)55(52(43)44)48(40)28-38(39)45(53)22-21-33-14-5-6-16-36(33)46-18-9-10-23-54(31)46/h2-20,23-29,45H,1,21-22,30H2/q+2. The number of benzene rings is 6. The van der Waals surface area contributed by atoms with Gasteiger partial charge in [-0.3, -0.25) is 0 Å². The molecule has 0 N–H and O–H groups in total. The molecule has 0 fully saturated rings. The normalized spacial score (nSPS) is 18.2. The van der Waals surface area contributed by atoms with Crippen LogP contribution in [0.3, 0.4) is 0 Å². The molecule has 266 valence electrons. The van der Waals surface area contributed by atoms with Crippen LogP contribution in [0.5, 0.6) is 0 Å². The van der Waals surface area contributed by atoms with Crippen molar-refractivity contribution in [1.82, 2.24) is 4.40 Å². The summed E-state index contributed by atoms with van der Waals surface area (Å²) < 4.78 is 14.2. The van der Waals surface area contributed by atoms with E-state index in [1.54, 1.807) is 0 Å². The Balaban J connectivity index is 1.11. The molecule has 3 aliphatic rings. The average molecular weight is 730 g/mol. The predicted octanol–water partition coefficient (Wildman–Crippen LogP) is 11.8. The SMILES string of the molecule is C=C1[n+]2ccccc2-c2ccccc2CCC2c3cc4c(cc3-c3cccc5[n+]3C12C5)c1cc(-c2ccccc2)cc2c3cc5c(cc3n4c12)oc1ccccc15. The van der Waals surface area contributed by atoms with Gasteiger partial charge in [-0.05, 0) is 96.3 Å². The van der Waals surface area contributed by atoms with E-state index in [1.165, 1.54) is 88.6 Å². The van der Waals surface area contributed by atoms with Crippen LogP contribution in [0.15, 0.2) is 169 Å². The Morgan fingerprint density at radius 2 is 1.37 bits per heavy atom. The molecule has 2 atom stereocenters. The van der Waals surface area contributed by atoms with E-state index in [1.807, 2.05) is 0 Å². The fraction of sp³-hybridized carbons (Fsp3) is 0.0943. The lowest BCUT2D eigenvalue weighted by Crippen LogP contribution is -2.76. The average Bonchev–Trinajstić information content (AvgIpc) is 3.90.